The molecule has 2 aromatic carbocycles. The Hall–Kier alpha value is -3.12. The molecule has 2 aromatic rings. The van der Waals surface area contributed by atoms with Crippen LogP contribution in [0.1, 0.15) is 64.5 Å². The Bertz CT molecular complexity index is 944. The van der Waals surface area contributed by atoms with Gasteiger partial charge in [-0.3, -0.25) is 4.79 Å². The second-order valence-electron chi connectivity index (χ2n) is 9.01. The molecule has 0 N–H and O–H groups in total. The van der Waals surface area contributed by atoms with Crippen LogP contribution in [0.3, 0.4) is 0 Å². The average molecular weight is 483 g/mol. The molecule has 0 bridgehead atoms. The summed E-state index contributed by atoms with van der Waals surface area (Å²) in [7, 11) is 1.59. The van der Waals surface area contributed by atoms with Gasteiger partial charge in [-0.1, -0.05) is 57.2 Å². The lowest BCUT2D eigenvalue weighted by molar-refractivity contribution is -0.156. The highest BCUT2D eigenvalue weighted by atomic mass is 16.7. The number of ketones is 1. The first-order chi connectivity index (χ1) is 16.8. The summed E-state index contributed by atoms with van der Waals surface area (Å²) < 4.78 is 21.3. The Morgan fingerprint density at radius 3 is 1.91 bits per heavy atom. The van der Waals surface area contributed by atoms with Gasteiger partial charge in [0.05, 0.1) is 5.92 Å². The minimum absolute atomic E-state index is 0.0253. The number of carbonyl (C=O) groups excluding carboxylic acids is 2. The molecule has 0 aromatic heterocycles. The standard InChI is InChI=1S/C29H38O6/c1-6-7-8-9-10-23(19-22(2)30)28(31)35-21-34-27-17-13-25(14-18-27)29(3,4)24-11-15-26(16-12-24)33-20-32-5/h7-8,11-18,23H,6,9-10,19-21H2,1-5H3. The van der Waals surface area contributed by atoms with E-state index < -0.39 is 11.9 Å². The van der Waals surface area contributed by atoms with Crippen LogP contribution in [0.2, 0.25) is 0 Å². The molecule has 0 aliphatic carbocycles. The second-order valence-corrected chi connectivity index (χ2v) is 9.01. The fraction of sp³-hybridized carbons (Fsp3) is 0.448. The second kappa shape index (κ2) is 14.3. The Kier molecular flexibility index (Phi) is 11.5. The molecule has 190 valence electrons. The van der Waals surface area contributed by atoms with Gasteiger partial charge in [-0.15, -0.1) is 0 Å². The summed E-state index contributed by atoms with van der Waals surface area (Å²) in [4.78, 5) is 24.0. The van der Waals surface area contributed by atoms with Crippen LogP contribution < -0.4 is 9.47 Å². The van der Waals surface area contributed by atoms with E-state index in [0.717, 1.165) is 29.7 Å². The molecular weight excluding hydrogens is 444 g/mol. The fourth-order valence-electron chi connectivity index (χ4n) is 3.73. The average Bonchev–Trinajstić information content (AvgIpc) is 2.85. The molecule has 0 radical (unpaired) electrons. The Balaban J connectivity index is 1.92. The van der Waals surface area contributed by atoms with Crippen LogP contribution in [0.5, 0.6) is 11.5 Å². The summed E-state index contributed by atoms with van der Waals surface area (Å²) in [6, 6.07) is 15.7. The van der Waals surface area contributed by atoms with Gasteiger partial charge >= 0.3 is 5.97 Å². The smallest absolute Gasteiger partial charge is 0.312 e. The summed E-state index contributed by atoms with van der Waals surface area (Å²) >= 11 is 0. The molecule has 0 amide bonds. The van der Waals surface area contributed by atoms with Crippen LogP contribution in [-0.4, -0.2) is 32.4 Å². The lowest BCUT2D eigenvalue weighted by Crippen LogP contribution is -2.22. The van der Waals surface area contributed by atoms with Gasteiger partial charge in [-0.2, -0.15) is 0 Å². The van der Waals surface area contributed by atoms with Gasteiger partial charge < -0.3 is 23.7 Å². The van der Waals surface area contributed by atoms with E-state index in [2.05, 4.69) is 26.8 Å². The molecule has 35 heavy (non-hydrogen) atoms. The lowest BCUT2D eigenvalue weighted by Gasteiger charge is -2.26. The van der Waals surface area contributed by atoms with Crippen molar-refractivity contribution in [3.8, 4) is 11.5 Å². The Morgan fingerprint density at radius 2 is 1.43 bits per heavy atom. The SMILES string of the molecule is CCC=CCCC(CC(C)=O)C(=O)OCOc1ccc(C(C)(C)c2ccc(OCOC)cc2)cc1. The Morgan fingerprint density at radius 1 is 0.886 bits per heavy atom. The van der Waals surface area contributed by atoms with Gasteiger partial charge in [0.1, 0.15) is 17.3 Å². The number of methoxy groups -OCH3 is 1. The van der Waals surface area contributed by atoms with Crippen molar-refractivity contribution in [2.75, 3.05) is 20.7 Å². The summed E-state index contributed by atoms with van der Waals surface area (Å²) in [5.74, 6) is 0.484. The molecule has 0 aliphatic heterocycles. The summed E-state index contributed by atoms with van der Waals surface area (Å²) in [6.45, 7) is 7.88. The molecule has 6 nitrogen and oxygen atoms in total. The van der Waals surface area contributed by atoms with Crippen molar-refractivity contribution >= 4 is 11.8 Å². The predicted octanol–water partition coefficient (Wildman–Crippen LogP) is 6.22. The van der Waals surface area contributed by atoms with Crippen LogP contribution in [0.4, 0.5) is 0 Å². The maximum absolute atomic E-state index is 12.5. The highest BCUT2D eigenvalue weighted by Crippen LogP contribution is 2.33. The maximum Gasteiger partial charge on any atom is 0.312 e. The monoisotopic (exact) mass is 482 g/mol. The van der Waals surface area contributed by atoms with Crippen molar-refractivity contribution in [1.82, 2.24) is 0 Å². The highest BCUT2D eigenvalue weighted by Gasteiger charge is 2.24. The zero-order chi connectivity index (χ0) is 25.7. The van der Waals surface area contributed by atoms with Gasteiger partial charge in [0.25, 0.3) is 0 Å². The van der Waals surface area contributed by atoms with E-state index in [0.29, 0.717) is 12.2 Å². The molecule has 0 fully saturated rings. The zero-order valence-corrected chi connectivity index (χ0v) is 21.5. The van der Waals surface area contributed by atoms with E-state index in [-0.39, 0.29) is 31.2 Å². The van der Waals surface area contributed by atoms with Crippen LogP contribution in [0.25, 0.3) is 0 Å². The van der Waals surface area contributed by atoms with Crippen molar-refractivity contribution < 1.29 is 28.5 Å². The maximum atomic E-state index is 12.5. The first-order valence-corrected chi connectivity index (χ1v) is 12.0. The number of rotatable bonds is 15. The van der Waals surface area contributed by atoms with Crippen LogP contribution >= 0.6 is 0 Å². The number of esters is 1. The summed E-state index contributed by atoms with van der Waals surface area (Å²) in [6.07, 6.45) is 6.53. The topological polar surface area (TPSA) is 71.1 Å². The molecule has 1 atom stereocenters. The highest BCUT2D eigenvalue weighted by molar-refractivity contribution is 5.82. The van der Waals surface area contributed by atoms with Gasteiger partial charge in [-0.25, -0.2) is 0 Å². The van der Waals surface area contributed by atoms with E-state index >= 15 is 0 Å². The van der Waals surface area contributed by atoms with E-state index in [4.69, 9.17) is 18.9 Å². The van der Waals surface area contributed by atoms with E-state index in [1.807, 2.05) is 54.6 Å². The number of ether oxygens (including phenoxy) is 4. The van der Waals surface area contributed by atoms with E-state index in [1.54, 1.807) is 7.11 Å². The number of hydrogen-bond donors (Lipinski definition) is 0. The Labute approximate surface area is 209 Å². The minimum atomic E-state index is -0.452. The molecule has 0 saturated carbocycles. The molecule has 0 spiro atoms. The van der Waals surface area contributed by atoms with Crippen molar-refractivity contribution in [3.05, 3.63) is 71.8 Å². The summed E-state index contributed by atoms with van der Waals surface area (Å²) in [5.41, 5.74) is 2.04. The first kappa shape index (κ1) is 28.1. The first-order valence-electron chi connectivity index (χ1n) is 12.0. The van der Waals surface area contributed by atoms with Gasteiger partial charge in [0.2, 0.25) is 6.79 Å². The third-order valence-electron chi connectivity index (χ3n) is 5.87. The third-order valence-corrected chi connectivity index (χ3v) is 5.87. The van der Waals surface area contributed by atoms with Gasteiger partial charge in [0, 0.05) is 18.9 Å². The number of carbonyl (C=O) groups is 2. The van der Waals surface area contributed by atoms with Crippen molar-refractivity contribution in [1.29, 1.82) is 0 Å². The summed E-state index contributed by atoms with van der Waals surface area (Å²) in [5, 5.41) is 0. The molecular formula is C29H38O6. The largest absolute Gasteiger partial charge is 0.468 e. The molecule has 2 rings (SSSR count). The molecule has 6 heteroatoms. The fourth-order valence-corrected chi connectivity index (χ4v) is 3.73. The normalized spacial score (nSPS) is 12.4. The van der Waals surface area contributed by atoms with E-state index in [1.165, 1.54) is 6.92 Å². The zero-order valence-electron chi connectivity index (χ0n) is 21.5. The minimum Gasteiger partial charge on any atom is -0.468 e. The van der Waals surface area contributed by atoms with Gasteiger partial charge in [0.15, 0.2) is 6.79 Å². The number of hydrogen-bond acceptors (Lipinski definition) is 6. The quantitative estimate of drug-likeness (QED) is 0.171. The van der Waals surface area contributed by atoms with Crippen LogP contribution in [0, 0.1) is 5.92 Å². The number of allylic oxidation sites excluding steroid dienone is 2. The van der Waals surface area contributed by atoms with Crippen molar-refractivity contribution in [2.45, 2.75) is 58.8 Å². The molecule has 0 saturated heterocycles. The van der Waals surface area contributed by atoms with Gasteiger partial charge in [-0.05, 0) is 61.6 Å². The van der Waals surface area contributed by atoms with Crippen LogP contribution in [-0.2, 0) is 24.5 Å². The van der Waals surface area contributed by atoms with Crippen LogP contribution in [0.15, 0.2) is 60.7 Å². The van der Waals surface area contributed by atoms with Crippen molar-refractivity contribution in [3.63, 3.8) is 0 Å². The van der Waals surface area contributed by atoms with Crippen molar-refractivity contribution in [2.24, 2.45) is 5.92 Å². The third kappa shape index (κ3) is 9.21. The molecule has 0 heterocycles. The molecule has 1 unspecified atom stereocenters. The number of Topliss-reactive ketones (excluding diaryl/α,β-unsaturated/α-hetero) is 1. The number of benzene rings is 2. The van der Waals surface area contributed by atoms with E-state index in [9.17, 15) is 9.59 Å². The molecule has 0 aliphatic rings. The lowest BCUT2D eigenvalue weighted by atomic mass is 9.78. The predicted molar refractivity (Wildman–Crippen MR) is 137 cm³/mol.